The molecule has 0 aromatic heterocycles. The molecule has 1 aliphatic heterocycles. The first-order valence-electron chi connectivity index (χ1n) is 13.3. The molecule has 0 spiro atoms. The van der Waals surface area contributed by atoms with Gasteiger partial charge in [0.15, 0.2) is 0 Å². The predicted octanol–water partition coefficient (Wildman–Crippen LogP) is 6.98. The fraction of sp³-hybridized carbons (Fsp3) is 0.364. The van der Waals surface area contributed by atoms with Gasteiger partial charge in [-0.3, -0.25) is 4.79 Å². The summed E-state index contributed by atoms with van der Waals surface area (Å²) in [4.78, 5) is 12.3. The average molecular weight is 498 g/mol. The molecule has 0 radical (unpaired) electrons. The van der Waals surface area contributed by atoms with Crippen LogP contribution in [0, 0.1) is 0 Å². The Balaban J connectivity index is 0.00000336. The Bertz CT molecular complexity index is 1300. The minimum Gasteiger partial charge on any atom is -0.489 e. The van der Waals surface area contributed by atoms with Crippen molar-refractivity contribution in [3.8, 4) is 5.75 Å². The highest BCUT2D eigenvalue weighted by atomic mass is 16.5. The van der Waals surface area contributed by atoms with Gasteiger partial charge in [-0.1, -0.05) is 72.8 Å². The number of benzene rings is 3. The summed E-state index contributed by atoms with van der Waals surface area (Å²) in [7, 11) is 1.44. The average Bonchev–Trinajstić information content (AvgIpc) is 2.94. The smallest absolute Gasteiger partial charge is 0.315 e. The van der Waals surface area contributed by atoms with Gasteiger partial charge in [-0.05, 0) is 73.9 Å². The van der Waals surface area contributed by atoms with Gasteiger partial charge in [0.2, 0.25) is 0 Å². The number of hydrogen-bond acceptors (Lipinski definition) is 4. The summed E-state index contributed by atoms with van der Waals surface area (Å²) >= 11 is 0. The largest absolute Gasteiger partial charge is 0.489 e. The number of ether oxygens (including phenoxy) is 2. The first-order valence-corrected chi connectivity index (χ1v) is 13.3. The maximum absolute atomic E-state index is 12.3. The number of hydrogen-bond donors (Lipinski definition) is 1. The lowest BCUT2D eigenvalue weighted by atomic mass is 9.80. The molecule has 5 rings (SSSR count). The molecule has 3 atom stereocenters. The number of para-hydroxylation sites is 1. The van der Waals surface area contributed by atoms with E-state index in [0.29, 0.717) is 0 Å². The van der Waals surface area contributed by atoms with Crippen LogP contribution in [-0.4, -0.2) is 25.7 Å². The third kappa shape index (κ3) is 5.08. The molecule has 2 aliphatic rings. The molecule has 4 nitrogen and oxygen atoms in total. The van der Waals surface area contributed by atoms with Crippen LogP contribution < -0.4 is 10.1 Å². The van der Waals surface area contributed by atoms with Gasteiger partial charge in [-0.15, -0.1) is 0 Å². The summed E-state index contributed by atoms with van der Waals surface area (Å²) in [5, 5.41) is 3.76. The van der Waals surface area contributed by atoms with Crippen molar-refractivity contribution in [1.82, 2.24) is 5.32 Å². The van der Waals surface area contributed by atoms with Crippen LogP contribution in [0.15, 0.2) is 72.8 Å². The number of methoxy groups -OCH3 is 1. The Kier molecular flexibility index (Phi) is 7.21. The van der Waals surface area contributed by atoms with E-state index in [-0.39, 0.29) is 25.5 Å². The molecule has 3 aromatic carbocycles. The van der Waals surface area contributed by atoms with E-state index < -0.39 is 5.41 Å². The summed E-state index contributed by atoms with van der Waals surface area (Å²) < 4.78 is 11.5. The monoisotopic (exact) mass is 497 g/mol. The fourth-order valence-electron chi connectivity index (χ4n) is 5.73. The highest BCUT2D eigenvalue weighted by molar-refractivity contribution is 5.82. The molecule has 0 fully saturated rings. The highest BCUT2D eigenvalue weighted by Crippen LogP contribution is 2.41. The first-order chi connectivity index (χ1) is 17.9. The number of aryl methyl sites for hydroxylation is 1. The van der Waals surface area contributed by atoms with Crippen molar-refractivity contribution in [2.45, 2.75) is 63.5 Å². The zero-order valence-corrected chi connectivity index (χ0v) is 22.3. The molecule has 3 aromatic rings. The Morgan fingerprint density at radius 2 is 1.89 bits per heavy atom. The quantitative estimate of drug-likeness (QED) is 0.358. The van der Waals surface area contributed by atoms with E-state index in [1.54, 1.807) is 0 Å². The molecule has 0 unspecified atom stereocenters. The normalized spacial score (nSPS) is 19.4. The molecule has 37 heavy (non-hydrogen) atoms. The van der Waals surface area contributed by atoms with E-state index in [1.807, 2.05) is 19.9 Å². The van der Waals surface area contributed by atoms with E-state index in [9.17, 15) is 4.79 Å². The van der Waals surface area contributed by atoms with E-state index in [2.05, 4.69) is 85.1 Å². The minimum absolute atomic E-state index is 0. The molecule has 4 heteroatoms. The van der Waals surface area contributed by atoms with Gasteiger partial charge in [0.25, 0.3) is 0 Å². The molecule has 1 aliphatic carbocycles. The molecule has 0 saturated heterocycles. The molecular formula is C33H39NO3. The van der Waals surface area contributed by atoms with Crippen molar-refractivity contribution in [2.75, 3.05) is 13.7 Å². The van der Waals surface area contributed by atoms with E-state index in [4.69, 9.17) is 9.47 Å². The summed E-state index contributed by atoms with van der Waals surface area (Å²) in [5.74, 6) is 0.957. The SMILES string of the molecule is COC(=O)C(C)(C)c1ccc([C@@H]2C[C@H](CN[C@H](C)c3cccc4c3C=CCC4)Oc3ccccc32)cc1.[HH]. The standard InChI is InChI=1S/C33H37NO3.H2/c1-22(27-14-9-11-23-10-5-6-12-28(23)27)34-21-26-20-30(29-13-7-8-15-31(29)37-26)24-16-18-25(19-17-24)33(2,3)32(35)36-4;/h6-9,11-19,22,26,30,34H,5,10,20-21H2,1-4H3;1H/t22-,26-,30+;/m1./s1. The van der Waals surface area contributed by atoms with Crippen LogP contribution >= 0.6 is 0 Å². The van der Waals surface area contributed by atoms with E-state index >= 15 is 0 Å². The van der Waals surface area contributed by atoms with Gasteiger partial charge in [0, 0.05) is 25.5 Å². The Hall–Kier alpha value is -3.37. The third-order valence-electron chi connectivity index (χ3n) is 8.03. The molecule has 1 heterocycles. The van der Waals surface area contributed by atoms with Crippen LogP contribution in [0.2, 0.25) is 0 Å². The van der Waals surface area contributed by atoms with Gasteiger partial charge in [-0.2, -0.15) is 0 Å². The van der Waals surface area contributed by atoms with Crippen LogP contribution in [0.5, 0.6) is 5.75 Å². The fourth-order valence-corrected chi connectivity index (χ4v) is 5.73. The number of esters is 1. The molecule has 0 amide bonds. The zero-order valence-electron chi connectivity index (χ0n) is 22.3. The molecule has 0 saturated carbocycles. The number of fused-ring (bicyclic) bond motifs is 2. The number of rotatable bonds is 7. The lowest BCUT2D eigenvalue weighted by Crippen LogP contribution is -2.37. The maximum atomic E-state index is 12.3. The summed E-state index contributed by atoms with van der Waals surface area (Å²) in [6.07, 6.45) is 7.75. The molecule has 1 N–H and O–H groups in total. The Morgan fingerprint density at radius 3 is 2.68 bits per heavy atom. The van der Waals surface area contributed by atoms with Crippen LogP contribution in [0.3, 0.4) is 0 Å². The zero-order chi connectivity index (χ0) is 26.0. The Labute approximate surface area is 222 Å². The number of carbonyl (C=O) groups is 1. The molecular weight excluding hydrogens is 458 g/mol. The first kappa shape index (κ1) is 25.3. The summed E-state index contributed by atoms with van der Waals surface area (Å²) in [5.41, 5.74) is 6.89. The van der Waals surface area contributed by atoms with Gasteiger partial charge in [0.1, 0.15) is 11.9 Å². The van der Waals surface area contributed by atoms with E-state index in [1.165, 1.54) is 34.9 Å². The van der Waals surface area contributed by atoms with Gasteiger partial charge >= 0.3 is 5.97 Å². The summed E-state index contributed by atoms with van der Waals surface area (Å²) in [6, 6.07) is 23.7. The van der Waals surface area contributed by atoms with Crippen LogP contribution in [0.4, 0.5) is 0 Å². The van der Waals surface area contributed by atoms with Crippen molar-refractivity contribution < 1.29 is 15.7 Å². The van der Waals surface area contributed by atoms with Crippen LogP contribution in [-0.2, 0) is 21.4 Å². The van der Waals surface area contributed by atoms with Crippen molar-refractivity contribution in [1.29, 1.82) is 0 Å². The minimum atomic E-state index is -0.685. The van der Waals surface area contributed by atoms with E-state index in [0.717, 1.165) is 37.1 Å². The van der Waals surface area contributed by atoms with Crippen molar-refractivity contribution in [2.24, 2.45) is 0 Å². The van der Waals surface area contributed by atoms with Gasteiger partial charge < -0.3 is 14.8 Å². The summed E-state index contributed by atoms with van der Waals surface area (Å²) in [6.45, 7) is 6.82. The second-order valence-electron chi connectivity index (χ2n) is 10.8. The lowest BCUT2D eigenvalue weighted by Gasteiger charge is -2.34. The second-order valence-corrected chi connectivity index (χ2v) is 10.8. The van der Waals surface area contributed by atoms with Crippen molar-refractivity contribution >= 4 is 12.0 Å². The number of nitrogens with one attached hydrogen (secondary N) is 1. The van der Waals surface area contributed by atoms with Crippen molar-refractivity contribution in [3.63, 3.8) is 0 Å². The topological polar surface area (TPSA) is 47.6 Å². The van der Waals surface area contributed by atoms with Crippen LogP contribution in [0.1, 0.15) is 80.4 Å². The highest BCUT2D eigenvalue weighted by Gasteiger charge is 2.33. The van der Waals surface area contributed by atoms with Crippen LogP contribution in [0.25, 0.3) is 6.08 Å². The Morgan fingerprint density at radius 1 is 1.11 bits per heavy atom. The number of allylic oxidation sites excluding steroid dienone is 1. The lowest BCUT2D eigenvalue weighted by molar-refractivity contribution is -0.146. The van der Waals surface area contributed by atoms with Crippen molar-refractivity contribution in [3.05, 3.63) is 106 Å². The van der Waals surface area contributed by atoms with Gasteiger partial charge in [0.05, 0.1) is 12.5 Å². The predicted molar refractivity (Wildman–Crippen MR) is 151 cm³/mol. The third-order valence-corrected chi connectivity index (χ3v) is 8.03. The van der Waals surface area contributed by atoms with Gasteiger partial charge in [-0.25, -0.2) is 0 Å². The molecule has 194 valence electrons. The second kappa shape index (κ2) is 10.5. The number of carbonyl (C=O) groups excluding carboxylic acids is 1. The molecule has 0 bridgehead atoms. The maximum Gasteiger partial charge on any atom is 0.315 e.